The molecule has 5 rings (SSSR count). The van der Waals surface area contributed by atoms with E-state index in [0.29, 0.717) is 26.1 Å². The van der Waals surface area contributed by atoms with Gasteiger partial charge in [-0.2, -0.15) is 0 Å². The highest BCUT2D eigenvalue weighted by atomic mass is 16.5. The number of amides is 2. The van der Waals surface area contributed by atoms with Gasteiger partial charge in [-0.25, -0.2) is 0 Å². The predicted octanol–water partition coefficient (Wildman–Crippen LogP) is 1.93. The summed E-state index contributed by atoms with van der Waals surface area (Å²) in [6, 6.07) is 11.4. The summed E-state index contributed by atoms with van der Waals surface area (Å²) >= 11 is 0. The number of rotatable bonds is 7. The van der Waals surface area contributed by atoms with Gasteiger partial charge in [-0.1, -0.05) is 24.3 Å². The van der Waals surface area contributed by atoms with Gasteiger partial charge in [-0.3, -0.25) is 9.59 Å². The van der Waals surface area contributed by atoms with Gasteiger partial charge < -0.3 is 24.1 Å². The first kappa shape index (κ1) is 18.9. The monoisotopic (exact) mass is 408 g/mol. The van der Waals surface area contributed by atoms with Crippen LogP contribution in [0.25, 0.3) is 0 Å². The summed E-state index contributed by atoms with van der Waals surface area (Å²) in [5.41, 5.74) is 0.407. The van der Waals surface area contributed by atoms with Gasteiger partial charge in [-0.05, 0) is 36.2 Å². The van der Waals surface area contributed by atoms with Crippen molar-refractivity contribution in [1.29, 1.82) is 0 Å². The molecule has 2 unspecified atom stereocenters. The molecular weight excluding hydrogens is 384 g/mol. The van der Waals surface area contributed by atoms with E-state index in [2.05, 4.69) is 5.32 Å². The van der Waals surface area contributed by atoms with Gasteiger partial charge in [0.25, 0.3) is 0 Å². The number of ether oxygens (including phenoxy) is 2. The van der Waals surface area contributed by atoms with Crippen LogP contribution in [-0.4, -0.2) is 48.6 Å². The van der Waals surface area contributed by atoms with Crippen LogP contribution in [-0.2, 0) is 27.3 Å². The van der Waals surface area contributed by atoms with Crippen molar-refractivity contribution < 1.29 is 23.5 Å². The molecule has 2 fully saturated rings. The van der Waals surface area contributed by atoms with E-state index in [9.17, 15) is 9.59 Å². The zero-order chi connectivity index (χ0) is 20.7. The van der Waals surface area contributed by atoms with Crippen molar-refractivity contribution in [2.75, 3.05) is 20.2 Å². The predicted molar refractivity (Wildman–Crippen MR) is 108 cm³/mol. The number of nitrogens with one attached hydrogen (secondary N) is 1. The fourth-order valence-corrected chi connectivity index (χ4v) is 4.84. The highest BCUT2D eigenvalue weighted by molar-refractivity contribution is 5.93. The van der Waals surface area contributed by atoms with Gasteiger partial charge >= 0.3 is 0 Å². The van der Waals surface area contributed by atoms with Crippen LogP contribution >= 0.6 is 0 Å². The molecule has 1 spiro atoms. The SMILES string of the molecule is COc1ccc(CCNC(=O)C2C3C(=O)N(Cc4ccco4)C[C@]34C=C[C@H]2O4)cc1. The van der Waals surface area contributed by atoms with Gasteiger partial charge in [0.1, 0.15) is 17.1 Å². The molecule has 4 heterocycles. The first-order valence-corrected chi connectivity index (χ1v) is 10.2. The minimum absolute atomic E-state index is 0.0476. The Morgan fingerprint density at radius 3 is 2.87 bits per heavy atom. The Labute approximate surface area is 174 Å². The summed E-state index contributed by atoms with van der Waals surface area (Å²) < 4.78 is 16.7. The second-order valence-electron chi connectivity index (χ2n) is 8.06. The molecule has 7 nitrogen and oxygen atoms in total. The number of fused-ring (bicyclic) bond motifs is 1. The zero-order valence-corrected chi connectivity index (χ0v) is 16.7. The van der Waals surface area contributed by atoms with Crippen LogP contribution in [0.2, 0.25) is 0 Å². The highest BCUT2D eigenvalue weighted by Gasteiger charge is 2.66. The number of hydrogen-bond donors (Lipinski definition) is 1. The summed E-state index contributed by atoms with van der Waals surface area (Å²) in [7, 11) is 1.63. The molecule has 2 amide bonds. The van der Waals surface area contributed by atoms with Crippen LogP contribution in [0.15, 0.2) is 59.2 Å². The van der Waals surface area contributed by atoms with E-state index in [1.165, 1.54) is 0 Å². The standard InChI is InChI=1S/C23H24N2O5/c1-28-16-6-4-15(5-7-16)9-11-24-21(26)19-18-8-10-23(30-18)14-25(22(27)20(19)23)13-17-3-2-12-29-17/h2-8,10,12,18-20H,9,11,13-14H2,1H3,(H,24,26)/t18-,19?,20?,23-/m1/s1. The van der Waals surface area contributed by atoms with E-state index in [4.69, 9.17) is 13.9 Å². The van der Waals surface area contributed by atoms with Crippen LogP contribution in [0.3, 0.4) is 0 Å². The molecule has 1 N–H and O–H groups in total. The molecule has 2 bridgehead atoms. The Morgan fingerprint density at radius 1 is 1.30 bits per heavy atom. The lowest BCUT2D eigenvalue weighted by Gasteiger charge is -2.23. The van der Waals surface area contributed by atoms with Gasteiger partial charge in [0, 0.05) is 6.54 Å². The van der Waals surface area contributed by atoms with E-state index in [1.54, 1.807) is 24.3 Å². The summed E-state index contributed by atoms with van der Waals surface area (Å²) in [6.07, 6.45) is 5.84. The molecule has 3 aliphatic rings. The van der Waals surface area contributed by atoms with Gasteiger partial charge in [0.2, 0.25) is 11.8 Å². The maximum absolute atomic E-state index is 13.1. The summed E-state index contributed by atoms with van der Waals surface area (Å²) in [5.74, 6) is 0.367. The molecule has 1 aromatic heterocycles. The Morgan fingerprint density at radius 2 is 2.13 bits per heavy atom. The van der Waals surface area contributed by atoms with Crippen LogP contribution in [0.1, 0.15) is 11.3 Å². The van der Waals surface area contributed by atoms with Crippen LogP contribution in [0.5, 0.6) is 5.75 Å². The van der Waals surface area contributed by atoms with Gasteiger partial charge in [-0.15, -0.1) is 0 Å². The van der Waals surface area contributed by atoms with E-state index >= 15 is 0 Å². The molecule has 7 heteroatoms. The lowest BCUT2D eigenvalue weighted by Crippen LogP contribution is -2.44. The molecule has 0 aliphatic carbocycles. The third-order valence-corrected chi connectivity index (χ3v) is 6.28. The second kappa shape index (κ2) is 7.32. The average molecular weight is 408 g/mol. The summed E-state index contributed by atoms with van der Waals surface area (Å²) in [5, 5.41) is 3.00. The lowest BCUT2D eigenvalue weighted by molar-refractivity contribution is -0.138. The van der Waals surface area contributed by atoms with E-state index in [-0.39, 0.29) is 17.9 Å². The number of likely N-dealkylation sites (tertiary alicyclic amines) is 1. The van der Waals surface area contributed by atoms with Gasteiger partial charge in [0.15, 0.2) is 0 Å². The number of benzene rings is 1. The maximum Gasteiger partial charge on any atom is 0.230 e. The summed E-state index contributed by atoms with van der Waals surface area (Å²) in [4.78, 5) is 27.9. The molecular formula is C23H24N2O5. The molecule has 4 atom stereocenters. The Balaban J connectivity index is 1.24. The first-order valence-electron chi connectivity index (χ1n) is 10.2. The quantitative estimate of drug-likeness (QED) is 0.708. The molecule has 2 aromatic rings. The smallest absolute Gasteiger partial charge is 0.230 e. The molecule has 156 valence electrons. The van der Waals surface area contributed by atoms with Gasteiger partial charge in [0.05, 0.1) is 44.4 Å². The number of carbonyl (C=O) groups excluding carboxylic acids is 2. The number of carbonyl (C=O) groups is 2. The number of furan rings is 1. The average Bonchev–Trinajstić information content (AvgIpc) is 3.52. The molecule has 0 saturated carbocycles. The fourth-order valence-electron chi connectivity index (χ4n) is 4.84. The van der Waals surface area contributed by atoms with E-state index < -0.39 is 17.4 Å². The molecule has 3 aliphatic heterocycles. The number of nitrogens with zero attached hydrogens (tertiary/aromatic N) is 1. The van der Waals surface area contributed by atoms with Crippen molar-refractivity contribution in [3.63, 3.8) is 0 Å². The lowest BCUT2D eigenvalue weighted by atomic mass is 9.77. The Hall–Kier alpha value is -3.06. The zero-order valence-electron chi connectivity index (χ0n) is 16.7. The van der Waals surface area contributed by atoms with Crippen molar-refractivity contribution in [3.8, 4) is 5.75 Å². The highest BCUT2D eigenvalue weighted by Crippen LogP contribution is 2.52. The normalized spacial score (nSPS) is 28.8. The molecule has 0 radical (unpaired) electrons. The maximum atomic E-state index is 13.1. The van der Waals surface area contributed by atoms with Crippen LogP contribution in [0, 0.1) is 11.8 Å². The first-order chi connectivity index (χ1) is 14.6. The van der Waals surface area contributed by atoms with Crippen LogP contribution in [0.4, 0.5) is 0 Å². The minimum atomic E-state index is -0.702. The fraction of sp³-hybridized carbons (Fsp3) is 0.391. The molecule has 1 aromatic carbocycles. The van der Waals surface area contributed by atoms with Crippen molar-refractivity contribution >= 4 is 11.8 Å². The summed E-state index contributed by atoms with van der Waals surface area (Å²) in [6.45, 7) is 1.33. The van der Waals surface area contributed by atoms with Crippen molar-refractivity contribution in [3.05, 3.63) is 66.1 Å². The Bertz CT molecular complexity index is 968. The van der Waals surface area contributed by atoms with Crippen molar-refractivity contribution in [2.45, 2.75) is 24.7 Å². The topological polar surface area (TPSA) is 81.0 Å². The number of methoxy groups -OCH3 is 1. The van der Waals surface area contributed by atoms with E-state index in [1.807, 2.05) is 42.5 Å². The molecule has 2 saturated heterocycles. The van der Waals surface area contributed by atoms with E-state index in [0.717, 1.165) is 17.1 Å². The van der Waals surface area contributed by atoms with Crippen molar-refractivity contribution in [2.24, 2.45) is 11.8 Å². The third-order valence-electron chi connectivity index (χ3n) is 6.28. The minimum Gasteiger partial charge on any atom is -0.497 e. The number of hydrogen-bond acceptors (Lipinski definition) is 5. The Kier molecular flexibility index (Phi) is 4.62. The second-order valence-corrected chi connectivity index (χ2v) is 8.06. The van der Waals surface area contributed by atoms with Crippen molar-refractivity contribution in [1.82, 2.24) is 10.2 Å². The van der Waals surface area contributed by atoms with Crippen LogP contribution < -0.4 is 10.1 Å². The third kappa shape index (κ3) is 3.10. The molecule has 30 heavy (non-hydrogen) atoms. The largest absolute Gasteiger partial charge is 0.497 e.